The fourth-order valence-corrected chi connectivity index (χ4v) is 3.36. The van der Waals surface area contributed by atoms with Gasteiger partial charge in [0.05, 0.1) is 35.9 Å². The number of nitrogens with one attached hydrogen (secondary N) is 2. The third-order valence-corrected chi connectivity index (χ3v) is 4.18. The summed E-state index contributed by atoms with van der Waals surface area (Å²) in [6, 6.07) is -0.217. The second kappa shape index (κ2) is 4.48. The zero-order valence-corrected chi connectivity index (χ0v) is 11.9. The zero-order chi connectivity index (χ0) is 14.6. The Hall–Kier alpha value is -1.54. The molecule has 4 rings (SSSR count). The summed E-state index contributed by atoms with van der Waals surface area (Å²) >= 11 is 0. The van der Waals surface area contributed by atoms with Crippen LogP contribution in [-0.4, -0.2) is 50.7 Å². The van der Waals surface area contributed by atoms with Crippen LogP contribution in [0.15, 0.2) is 18.7 Å². The fraction of sp³-hybridized carbons (Fsp3) is 0.571. The molecule has 2 aliphatic heterocycles. The van der Waals surface area contributed by atoms with E-state index in [2.05, 4.69) is 20.3 Å². The van der Waals surface area contributed by atoms with Crippen LogP contribution < -0.4 is 5.32 Å². The van der Waals surface area contributed by atoms with Crippen molar-refractivity contribution >= 4 is 11.0 Å². The summed E-state index contributed by atoms with van der Waals surface area (Å²) in [6.07, 6.45) is 4.89. The number of aromatic amines is 1. The minimum Gasteiger partial charge on any atom is -0.395 e. The third kappa shape index (κ3) is 1.96. The van der Waals surface area contributed by atoms with Gasteiger partial charge in [-0.2, -0.15) is 0 Å². The van der Waals surface area contributed by atoms with Gasteiger partial charge in [0.15, 0.2) is 5.79 Å². The second-order valence-corrected chi connectivity index (χ2v) is 6.03. The van der Waals surface area contributed by atoms with Gasteiger partial charge in [0.2, 0.25) is 0 Å². The lowest BCUT2D eigenvalue weighted by molar-refractivity contribution is -0.157. The number of ether oxygens (including phenoxy) is 2. The number of hydrogen-bond donors (Lipinski definition) is 3. The predicted molar refractivity (Wildman–Crippen MR) is 74.5 cm³/mol. The Morgan fingerprint density at radius 3 is 2.95 bits per heavy atom. The highest BCUT2D eigenvalue weighted by molar-refractivity contribution is 5.78. The second-order valence-electron chi connectivity index (χ2n) is 6.03. The van der Waals surface area contributed by atoms with E-state index in [0.29, 0.717) is 0 Å². The standard InChI is InChI=1S/C14H18N4O3/c1-14(2)20-12-9(5-19)18-11(13(12)21-14)7-3-16-8-4-15-6-17-10(7)8/h3-4,6,9,11-13,16,18-19H,5H2,1-2H3/t9-,11+,12-,13+/m1/s1. The Balaban J connectivity index is 1.75. The van der Waals surface area contributed by atoms with Crippen molar-refractivity contribution in [2.75, 3.05) is 6.61 Å². The van der Waals surface area contributed by atoms with Crippen LogP contribution in [0.25, 0.3) is 11.0 Å². The van der Waals surface area contributed by atoms with Crippen molar-refractivity contribution in [3.05, 3.63) is 24.3 Å². The highest BCUT2D eigenvalue weighted by Gasteiger charge is 2.54. The SMILES string of the molecule is CC1(C)O[C@@H]2[C@H](O1)[C@@H](CO)N[C@H]2c1c[nH]c2cncnc12. The average molecular weight is 290 g/mol. The predicted octanol–water partition coefficient (Wildman–Crippen LogP) is 0.483. The van der Waals surface area contributed by atoms with Gasteiger partial charge in [-0.3, -0.25) is 0 Å². The van der Waals surface area contributed by atoms with Gasteiger partial charge in [-0.25, -0.2) is 9.97 Å². The van der Waals surface area contributed by atoms with Crippen molar-refractivity contribution in [2.24, 2.45) is 0 Å². The van der Waals surface area contributed by atoms with E-state index in [0.717, 1.165) is 16.6 Å². The molecule has 2 saturated heterocycles. The molecule has 0 unspecified atom stereocenters. The third-order valence-electron chi connectivity index (χ3n) is 4.18. The molecule has 0 amide bonds. The Morgan fingerprint density at radius 2 is 2.14 bits per heavy atom. The summed E-state index contributed by atoms with van der Waals surface area (Å²) in [4.78, 5) is 11.5. The van der Waals surface area contributed by atoms with E-state index in [1.807, 2.05) is 20.0 Å². The van der Waals surface area contributed by atoms with Crippen LogP contribution in [-0.2, 0) is 9.47 Å². The molecule has 4 atom stereocenters. The van der Waals surface area contributed by atoms with Crippen LogP contribution in [0.1, 0.15) is 25.5 Å². The average Bonchev–Trinajstić information content (AvgIpc) is 3.09. The molecule has 2 aliphatic rings. The maximum absolute atomic E-state index is 9.58. The number of aliphatic hydroxyl groups is 1. The molecule has 2 aromatic rings. The summed E-state index contributed by atoms with van der Waals surface area (Å²) in [7, 11) is 0. The first kappa shape index (κ1) is 13.1. The number of fused-ring (bicyclic) bond motifs is 2. The molecule has 112 valence electrons. The maximum Gasteiger partial charge on any atom is 0.163 e. The van der Waals surface area contributed by atoms with Crippen LogP contribution in [0.5, 0.6) is 0 Å². The van der Waals surface area contributed by atoms with Crippen LogP contribution in [0.4, 0.5) is 0 Å². The van der Waals surface area contributed by atoms with Crippen LogP contribution in [0.2, 0.25) is 0 Å². The number of rotatable bonds is 2. The largest absolute Gasteiger partial charge is 0.395 e. The molecule has 7 heteroatoms. The summed E-state index contributed by atoms with van der Waals surface area (Å²) in [5.41, 5.74) is 2.77. The van der Waals surface area contributed by atoms with Gasteiger partial charge in [-0.05, 0) is 13.8 Å². The number of aromatic nitrogens is 3. The lowest BCUT2D eigenvalue weighted by Crippen LogP contribution is -2.38. The molecule has 0 saturated carbocycles. The van der Waals surface area contributed by atoms with Gasteiger partial charge < -0.3 is 24.9 Å². The first-order chi connectivity index (χ1) is 10.1. The van der Waals surface area contributed by atoms with E-state index in [1.165, 1.54) is 6.33 Å². The molecule has 0 aliphatic carbocycles. The van der Waals surface area contributed by atoms with E-state index < -0.39 is 5.79 Å². The van der Waals surface area contributed by atoms with Gasteiger partial charge in [0, 0.05) is 11.8 Å². The van der Waals surface area contributed by atoms with Crippen LogP contribution in [0.3, 0.4) is 0 Å². The Labute approximate surface area is 121 Å². The Bertz CT molecular complexity index is 671. The lowest BCUT2D eigenvalue weighted by atomic mass is 10.0. The fourth-order valence-electron chi connectivity index (χ4n) is 3.36. The minimum atomic E-state index is -0.635. The molecular weight excluding hydrogens is 272 g/mol. The van der Waals surface area contributed by atoms with E-state index in [9.17, 15) is 5.11 Å². The summed E-state index contributed by atoms with van der Waals surface area (Å²) in [5, 5.41) is 13.0. The van der Waals surface area contributed by atoms with Gasteiger partial charge in [0.1, 0.15) is 18.5 Å². The van der Waals surface area contributed by atoms with E-state index in [1.54, 1.807) is 6.20 Å². The number of nitrogens with zero attached hydrogens (tertiary/aromatic N) is 2. The van der Waals surface area contributed by atoms with Crippen molar-refractivity contribution in [3.8, 4) is 0 Å². The molecule has 0 aromatic carbocycles. The zero-order valence-electron chi connectivity index (χ0n) is 11.9. The Morgan fingerprint density at radius 1 is 1.33 bits per heavy atom. The molecule has 4 heterocycles. The maximum atomic E-state index is 9.58. The molecular formula is C14H18N4O3. The van der Waals surface area contributed by atoms with Gasteiger partial charge in [-0.15, -0.1) is 0 Å². The number of H-pyrrole nitrogens is 1. The molecule has 3 N–H and O–H groups in total. The van der Waals surface area contributed by atoms with Crippen molar-refractivity contribution in [1.82, 2.24) is 20.3 Å². The molecule has 0 radical (unpaired) electrons. The normalized spacial score (nSPS) is 34.4. The summed E-state index contributed by atoms with van der Waals surface area (Å²) < 4.78 is 12.0. The van der Waals surface area contributed by atoms with Gasteiger partial charge >= 0.3 is 0 Å². The molecule has 0 bridgehead atoms. The monoisotopic (exact) mass is 290 g/mol. The quantitative estimate of drug-likeness (QED) is 0.745. The van der Waals surface area contributed by atoms with Crippen molar-refractivity contribution in [2.45, 2.75) is 43.9 Å². The van der Waals surface area contributed by atoms with E-state index in [-0.39, 0.29) is 30.9 Å². The minimum absolute atomic E-state index is 0.00838. The number of aliphatic hydroxyl groups excluding tert-OH is 1. The number of hydrogen-bond acceptors (Lipinski definition) is 6. The highest BCUT2D eigenvalue weighted by Crippen LogP contribution is 2.42. The topological polar surface area (TPSA) is 92.3 Å². The summed E-state index contributed by atoms with van der Waals surface area (Å²) in [6.45, 7) is 3.80. The molecule has 7 nitrogen and oxygen atoms in total. The van der Waals surface area contributed by atoms with Crippen LogP contribution in [0, 0.1) is 0 Å². The first-order valence-electron chi connectivity index (χ1n) is 7.08. The molecule has 0 spiro atoms. The van der Waals surface area contributed by atoms with E-state index in [4.69, 9.17) is 9.47 Å². The lowest BCUT2D eigenvalue weighted by Gasteiger charge is -2.23. The molecule has 21 heavy (non-hydrogen) atoms. The van der Waals surface area contributed by atoms with Crippen molar-refractivity contribution < 1.29 is 14.6 Å². The Kier molecular flexibility index (Phi) is 2.80. The van der Waals surface area contributed by atoms with Gasteiger partial charge in [-0.1, -0.05) is 0 Å². The van der Waals surface area contributed by atoms with Crippen molar-refractivity contribution in [1.29, 1.82) is 0 Å². The summed E-state index contributed by atoms with van der Waals surface area (Å²) in [5.74, 6) is -0.635. The van der Waals surface area contributed by atoms with Crippen LogP contribution >= 0.6 is 0 Å². The molecule has 2 fully saturated rings. The van der Waals surface area contributed by atoms with Crippen molar-refractivity contribution in [3.63, 3.8) is 0 Å². The molecule has 2 aromatic heterocycles. The smallest absolute Gasteiger partial charge is 0.163 e. The first-order valence-corrected chi connectivity index (χ1v) is 7.08. The van der Waals surface area contributed by atoms with Gasteiger partial charge in [0.25, 0.3) is 0 Å². The highest BCUT2D eigenvalue weighted by atomic mass is 16.8. The van der Waals surface area contributed by atoms with E-state index >= 15 is 0 Å².